The van der Waals surface area contributed by atoms with E-state index in [1.165, 1.54) is 6.07 Å². The molecule has 8 heteroatoms. The molecule has 0 aliphatic carbocycles. The van der Waals surface area contributed by atoms with Gasteiger partial charge >= 0.3 is 6.18 Å². The molecule has 1 amide bonds. The Bertz CT molecular complexity index is 671. The number of carbonyl (C=O) groups excluding carboxylic acids is 1. The highest BCUT2D eigenvalue weighted by atomic mass is 79.9. The third-order valence-corrected chi connectivity index (χ3v) is 3.30. The molecule has 0 bridgehead atoms. The molecule has 0 fully saturated rings. The molecule has 1 aromatic heterocycles. The maximum Gasteiger partial charge on any atom is 0.417 e. The van der Waals surface area contributed by atoms with Crippen LogP contribution in [0.15, 0.2) is 41.0 Å². The van der Waals surface area contributed by atoms with Gasteiger partial charge in [0.1, 0.15) is 5.69 Å². The molecule has 0 saturated heterocycles. The molecule has 0 aliphatic rings. The van der Waals surface area contributed by atoms with Crippen LogP contribution in [0.3, 0.4) is 0 Å². The monoisotopic (exact) mass is 359 g/mol. The van der Waals surface area contributed by atoms with Crippen LogP contribution >= 0.6 is 15.9 Å². The zero-order valence-electron chi connectivity index (χ0n) is 10.4. The van der Waals surface area contributed by atoms with Gasteiger partial charge in [0.2, 0.25) is 0 Å². The number of pyridine rings is 1. The van der Waals surface area contributed by atoms with Crippen LogP contribution in [-0.2, 0) is 6.18 Å². The molecule has 1 aromatic carbocycles. The van der Waals surface area contributed by atoms with Crippen molar-refractivity contribution in [2.45, 2.75) is 6.18 Å². The maximum absolute atomic E-state index is 12.4. The summed E-state index contributed by atoms with van der Waals surface area (Å²) in [6.07, 6.45) is -3.87. The van der Waals surface area contributed by atoms with Crippen LogP contribution in [0.1, 0.15) is 16.1 Å². The fraction of sp³-hybridized carbons (Fsp3) is 0.0769. The van der Waals surface area contributed by atoms with Crippen molar-refractivity contribution >= 4 is 33.2 Å². The fourth-order valence-electron chi connectivity index (χ4n) is 1.51. The minimum absolute atomic E-state index is 0.121. The Morgan fingerprint density at radius 3 is 2.48 bits per heavy atom. The van der Waals surface area contributed by atoms with Crippen molar-refractivity contribution in [1.82, 2.24) is 4.98 Å². The second-order valence-corrected chi connectivity index (χ2v) is 4.97. The van der Waals surface area contributed by atoms with Gasteiger partial charge in [-0.05, 0) is 46.3 Å². The Balaban J connectivity index is 2.15. The van der Waals surface area contributed by atoms with Gasteiger partial charge in [-0.1, -0.05) is 0 Å². The summed E-state index contributed by atoms with van der Waals surface area (Å²) < 4.78 is 37.8. The molecule has 2 aromatic rings. The van der Waals surface area contributed by atoms with Gasteiger partial charge in [0.25, 0.3) is 5.91 Å². The van der Waals surface area contributed by atoms with Gasteiger partial charge in [-0.15, -0.1) is 0 Å². The van der Waals surface area contributed by atoms with E-state index in [4.69, 9.17) is 5.73 Å². The van der Waals surface area contributed by atoms with Crippen LogP contribution in [0.4, 0.5) is 24.5 Å². The Labute approximate surface area is 126 Å². The summed E-state index contributed by atoms with van der Waals surface area (Å²) in [6.45, 7) is 0. The van der Waals surface area contributed by atoms with Gasteiger partial charge in [-0.3, -0.25) is 9.78 Å². The fourth-order valence-corrected chi connectivity index (χ4v) is 1.76. The van der Waals surface area contributed by atoms with Crippen LogP contribution in [0, 0.1) is 0 Å². The van der Waals surface area contributed by atoms with E-state index in [-0.39, 0.29) is 5.69 Å². The van der Waals surface area contributed by atoms with Crippen molar-refractivity contribution in [2.24, 2.45) is 0 Å². The Morgan fingerprint density at radius 2 is 1.95 bits per heavy atom. The van der Waals surface area contributed by atoms with Crippen molar-refractivity contribution < 1.29 is 18.0 Å². The highest BCUT2D eigenvalue weighted by Crippen LogP contribution is 2.28. The lowest BCUT2D eigenvalue weighted by atomic mass is 10.2. The van der Waals surface area contributed by atoms with Gasteiger partial charge in [0.05, 0.1) is 5.56 Å². The van der Waals surface area contributed by atoms with E-state index in [1.807, 2.05) is 0 Å². The molecule has 0 radical (unpaired) electrons. The summed E-state index contributed by atoms with van der Waals surface area (Å²) in [4.78, 5) is 15.4. The highest BCUT2D eigenvalue weighted by molar-refractivity contribution is 9.10. The molecule has 0 unspecified atom stereocenters. The van der Waals surface area contributed by atoms with Crippen LogP contribution in [0.25, 0.3) is 0 Å². The van der Waals surface area contributed by atoms with E-state index >= 15 is 0 Å². The molecule has 1 heterocycles. The first-order valence-corrected chi connectivity index (χ1v) is 6.46. The number of anilines is 2. The number of nitrogens with two attached hydrogens (primary N) is 1. The van der Waals surface area contributed by atoms with Gasteiger partial charge in [-0.2, -0.15) is 13.2 Å². The van der Waals surface area contributed by atoms with E-state index in [0.29, 0.717) is 22.0 Å². The van der Waals surface area contributed by atoms with Gasteiger partial charge in [-0.25, -0.2) is 0 Å². The van der Waals surface area contributed by atoms with E-state index in [2.05, 4.69) is 26.2 Å². The zero-order valence-corrected chi connectivity index (χ0v) is 12.0. The van der Waals surface area contributed by atoms with Crippen molar-refractivity contribution in [3.63, 3.8) is 0 Å². The standard InChI is InChI=1S/C13H9BrF3N3O/c14-9-3-2-8(5-10(9)18)20-12(21)11-4-1-7(6-19-11)13(15,16)17/h1-6H,18H2,(H,20,21). The lowest BCUT2D eigenvalue weighted by Gasteiger charge is -2.08. The molecule has 0 aliphatic heterocycles. The first kappa shape index (κ1) is 15.3. The van der Waals surface area contributed by atoms with Gasteiger partial charge in [0, 0.05) is 22.0 Å². The molecule has 0 atom stereocenters. The van der Waals surface area contributed by atoms with E-state index in [0.717, 1.165) is 12.1 Å². The topological polar surface area (TPSA) is 68.0 Å². The van der Waals surface area contributed by atoms with Crippen molar-refractivity contribution in [3.05, 3.63) is 52.3 Å². The normalized spacial score (nSPS) is 11.2. The number of amides is 1. The number of alkyl halides is 3. The predicted octanol–water partition coefficient (Wildman–Crippen LogP) is 3.70. The number of nitrogens with zero attached hydrogens (tertiary/aromatic N) is 1. The summed E-state index contributed by atoms with van der Waals surface area (Å²) in [5.41, 5.74) is 5.48. The largest absolute Gasteiger partial charge is 0.417 e. The smallest absolute Gasteiger partial charge is 0.398 e. The molecular formula is C13H9BrF3N3O. The molecule has 110 valence electrons. The van der Waals surface area contributed by atoms with Crippen LogP contribution in [0.5, 0.6) is 0 Å². The molecule has 4 nitrogen and oxygen atoms in total. The molecule has 3 N–H and O–H groups in total. The number of aromatic nitrogens is 1. The number of halogens is 4. The summed E-state index contributed by atoms with van der Waals surface area (Å²) in [6, 6.07) is 6.58. The maximum atomic E-state index is 12.4. The Morgan fingerprint density at radius 1 is 1.24 bits per heavy atom. The van der Waals surface area contributed by atoms with Gasteiger partial charge < -0.3 is 11.1 Å². The third-order valence-electron chi connectivity index (χ3n) is 2.58. The third kappa shape index (κ3) is 3.72. The van der Waals surface area contributed by atoms with E-state index in [1.54, 1.807) is 12.1 Å². The van der Waals surface area contributed by atoms with Crippen LogP contribution < -0.4 is 11.1 Å². The zero-order chi connectivity index (χ0) is 15.6. The van der Waals surface area contributed by atoms with Crippen LogP contribution in [-0.4, -0.2) is 10.9 Å². The molecular weight excluding hydrogens is 351 g/mol. The quantitative estimate of drug-likeness (QED) is 0.803. The molecule has 0 saturated carbocycles. The van der Waals surface area contributed by atoms with Crippen molar-refractivity contribution in [3.8, 4) is 0 Å². The van der Waals surface area contributed by atoms with Crippen LogP contribution in [0.2, 0.25) is 0 Å². The average molecular weight is 360 g/mol. The SMILES string of the molecule is Nc1cc(NC(=O)c2ccc(C(F)(F)F)cn2)ccc1Br. The van der Waals surface area contributed by atoms with E-state index < -0.39 is 17.6 Å². The summed E-state index contributed by atoms with van der Waals surface area (Å²) in [5.74, 6) is -0.620. The lowest BCUT2D eigenvalue weighted by Crippen LogP contribution is -2.15. The predicted molar refractivity (Wildman–Crippen MR) is 75.7 cm³/mol. The minimum Gasteiger partial charge on any atom is -0.398 e. The summed E-state index contributed by atoms with van der Waals surface area (Å²) in [7, 11) is 0. The number of benzene rings is 1. The van der Waals surface area contributed by atoms with Gasteiger partial charge in [0.15, 0.2) is 0 Å². The first-order chi connectivity index (χ1) is 9.77. The number of carbonyl (C=O) groups is 1. The minimum atomic E-state index is -4.48. The Kier molecular flexibility index (Phi) is 4.17. The second kappa shape index (κ2) is 5.72. The molecule has 0 spiro atoms. The average Bonchev–Trinajstić information content (AvgIpc) is 2.42. The van der Waals surface area contributed by atoms with Crippen molar-refractivity contribution in [2.75, 3.05) is 11.1 Å². The number of rotatable bonds is 2. The number of hydrogen-bond acceptors (Lipinski definition) is 3. The highest BCUT2D eigenvalue weighted by Gasteiger charge is 2.30. The molecule has 21 heavy (non-hydrogen) atoms. The number of nitrogen functional groups attached to an aromatic ring is 1. The van der Waals surface area contributed by atoms with E-state index in [9.17, 15) is 18.0 Å². The molecule has 2 rings (SSSR count). The lowest BCUT2D eigenvalue weighted by molar-refractivity contribution is -0.137. The second-order valence-electron chi connectivity index (χ2n) is 4.12. The summed E-state index contributed by atoms with van der Waals surface area (Å²) in [5, 5.41) is 2.50. The summed E-state index contributed by atoms with van der Waals surface area (Å²) >= 11 is 3.21. The number of nitrogens with one attached hydrogen (secondary N) is 1. The van der Waals surface area contributed by atoms with Crippen molar-refractivity contribution in [1.29, 1.82) is 0 Å². The Hall–Kier alpha value is -2.09. The first-order valence-electron chi connectivity index (χ1n) is 5.67. The number of hydrogen-bond donors (Lipinski definition) is 2.